The van der Waals surface area contributed by atoms with E-state index in [0.29, 0.717) is 5.56 Å². The maximum atomic E-state index is 9.09. The lowest BCUT2D eigenvalue weighted by atomic mass is 10.2. The van der Waals surface area contributed by atoms with Gasteiger partial charge in [-0.05, 0) is 26.0 Å². The van der Waals surface area contributed by atoms with E-state index >= 15 is 0 Å². The van der Waals surface area contributed by atoms with E-state index in [4.69, 9.17) is 5.26 Å². The first-order chi connectivity index (χ1) is 8.61. The predicted octanol–water partition coefficient (Wildman–Crippen LogP) is 3.27. The molecule has 2 rings (SSSR count). The van der Waals surface area contributed by atoms with Crippen molar-refractivity contribution in [3.63, 3.8) is 0 Å². The van der Waals surface area contributed by atoms with Gasteiger partial charge in [-0.1, -0.05) is 12.1 Å². The largest absolute Gasteiger partial charge is 0.367 e. The van der Waals surface area contributed by atoms with Gasteiger partial charge in [-0.15, -0.1) is 11.3 Å². The fourth-order valence-corrected chi connectivity index (χ4v) is 2.78. The zero-order valence-electron chi connectivity index (χ0n) is 10.8. The molecular formula is C14H15N3S. The second kappa shape index (κ2) is 5.19. The van der Waals surface area contributed by atoms with Crippen LogP contribution < -0.4 is 4.90 Å². The van der Waals surface area contributed by atoms with Gasteiger partial charge in [0.05, 0.1) is 23.5 Å². The van der Waals surface area contributed by atoms with E-state index in [1.807, 2.05) is 38.2 Å². The predicted molar refractivity (Wildman–Crippen MR) is 74.9 cm³/mol. The lowest BCUT2D eigenvalue weighted by Gasteiger charge is -2.18. The van der Waals surface area contributed by atoms with Crippen LogP contribution in [0.5, 0.6) is 0 Å². The monoisotopic (exact) mass is 257 g/mol. The van der Waals surface area contributed by atoms with E-state index in [9.17, 15) is 0 Å². The average Bonchev–Trinajstić information content (AvgIpc) is 2.68. The van der Waals surface area contributed by atoms with Crippen molar-refractivity contribution in [1.29, 1.82) is 5.26 Å². The summed E-state index contributed by atoms with van der Waals surface area (Å²) in [7, 11) is 1.99. The molecule has 0 aliphatic heterocycles. The second-order valence-corrected chi connectivity index (χ2v) is 5.52. The highest BCUT2D eigenvalue weighted by Crippen LogP contribution is 2.23. The molecule has 2 aromatic rings. The first-order valence-corrected chi connectivity index (χ1v) is 6.56. The van der Waals surface area contributed by atoms with Crippen molar-refractivity contribution in [2.75, 3.05) is 11.9 Å². The summed E-state index contributed by atoms with van der Waals surface area (Å²) in [5, 5.41) is 10.2. The van der Waals surface area contributed by atoms with Gasteiger partial charge in [0.2, 0.25) is 0 Å². The number of anilines is 1. The van der Waals surface area contributed by atoms with Crippen LogP contribution in [0.4, 0.5) is 5.69 Å². The molecule has 0 aliphatic rings. The zero-order valence-corrected chi connectivity index (χ0v) is 11.6. The molecule has 3 nitrogen and oxygen atoms in total. The Morgan fingerprint density at radius 1 is 1.33 bits per heavy atom. The SMILES string of the molecule is Cc1nc(CN(C)c2ccccc2C#N)sc1C. The van der Waals surface area contributed by atoms with E-state index in [-0.39, 0.29) is 0 Å². The summed E-state index contributed by atoms with van der Waals surface area (Å²) >= 11 is 1.72. The van der Waals surface area contributed by atoms with Gasteiger partial charge in [0.15, 0.2) is 0 Å². The van der Waals surface area contributed by atoms with Gasteiger partial charge in [0.25, 0.3) is 0 Å². The highest BCUT2D eigenvalue weighted by atomic mass is 32.1. The highest BCUT2D eigenvalue weighted by molar-refractivity contribution is 7.11. The van der Waals surface area contributed by atoms with Gasteiger partial charge in [0.1, 0.15) is 11.1 Å². The van der Waals surface area contributed by atoms with E-state index in [0.717, 1.165) is 22.9 Å². The Morgan fingerprint density at radius 2 is 2.06 bits per heavy atom. The molecule has 0 unspecified atom stereocenters. The minimum atomic E-state index is 0.699. The first kappa shape index (κ1) is 12.6. The van der Waals surface area contributed by atoms with Gasteiger partial charge in [-0.3, -0.25) is 0 Å². The molecule has 0 radical (unpaired) electrons. The summed E-state index contributed by atoms with van der Waals surface area (Å²) in [6.45, 7) is 4.84. The van der Waals surface area contributed by atoms with Crippen molar-refractivity contribution >= 4 is 17.0 Å². The fraction of sp³-hybridized carbons (Fsp3) is 0.286. The van der Waals surface area contributed by atoms with Crippen molar-refractivity contribution in [2.24, 2.45) is 0 Å². The molecule has 1 aromatic heterocycles. The van der Waals surface area contributed by atoms with Crippen molar-refractivity contribution in [3.8, 4) is 6.07 Å². The lowest BCUT2D eigenvalue weighted by molar-refractivity contribution is 0.902. The van der Waals surface area contributed by atoms with Crippen molar-refractivity contribution in [1.82, 2.24) is 4.98 Å². The van der Waals surface area contributed by atoms with Gasteiger partial charge in [-0.25, -0.2) is 4.98 Å². The summed E-state index contributed by atoms with van der Waals surface area (Å²) in [4.78, 5) is 7.85. The van der Waals surface area contributed by atoms with Gasteiger partial charge in [0, 0.05) is 11.9 Å². The Bertz CT molecular complexity index is 576. The maximum Gasteiger partial charge on any atom is 0.112 e. The van der Waals surface area contributed by atoms with E-state index < -0.39 is 0 Å². The van der Waals surface area contributed by atoms with Crippen molar-refractivity contribution in [2.45, 2.75) is 20.4 Å². The van der Waals surface area contributed by atoms with Crippen LogP contribution in [0.3, 0.4) is 0 Å². The number of benzene rings is 1. The number of rotatable bonds is 3. The third kappa shape index (κ3) is 2.52. The third-order valence-electron chi connectivity index (χ3n) is 2.88. The van der Waals surface area contributed by atoms with Crippen LogP contribution in [0.15, 0.2) is 24.3 Å². The molecule has 0 bridgehead atoms. The van der Waals surface area contributed by atoms with E-state index in [1.165, 1.54) is 4.88 Å². The number of para-hydroxylation sites is 1. The maximum absolute atomic E-state index is 9.09. The smallest absolute Gasteiger partial charge is 0.112 e. The fourth-order valence-electron chi connectivity index (χ4n) is 1.80. The highest BCUT2D eigenvalue weighted by Gasteiger charge is 2.10. The van der Waals surface area contributed by atoms with Crippen LogP contribution in [0.25, 0.3) is 0 Å². The van der Waals surface area contributed by atoms with Crippen LogP contribution in [0, 0.1) is 25.2 Å². The minimum Gasteiger partial charge on any atom is -0.367 e. The molecule has 0 saturated carbocycles. The Kier molecular flexibility index (Phi) is 3.63. The van der Waals surface area contributed by atoms with Crippen LogP contribution >= 0.6 is 11.3 Å². The Balaban J connectivity index is 2.22. The van der Waals surface area contributed by atoms with E-state index in [1.54, 1.807) is 11.3 Å². The van der Waals surface area contributed by atoms with Crippen LogP contribution in [-0.2, 0) is 6.54 Å². The lowest BCUT2D eigenvalue weighted by Crippen LogP contribution is -2.17. The molecule has 0 aliphatic carbocycles. The molecule has 0 spiro atoms. The molecule has 0 fully saturated rings. The number of nitrogens with zero attached hydrogens (tertiary/aromatic N) is 3. The molecule has 18 heavy (non-hydrogen) atoms. The van der Waals surface area contributed by atoms with Crippen LogP contribution in [0.1, 0.15) is 21.1 Å². The molecule has 1 aromatic carbocycles. The second-order valence-electron chi connectivity index (χ2n) is 4.23. The number of nitriles is 1. The molecule has 0 atom stereocenters. The summed E-state index contributed by atoms with van der Waals surface area (Å²) in [6.07, 6.45) is 0. The van der Waals surface area contributed by atoms with E-state index in [2.05, 4.69) is 22.9 Å². The molecule has 4 heteroatoms. The first-order valence-electron chi connectivity index (χ1n) is 5.75. The molecule has 0 N–H and O–H groups in total. The Labute approximate surface area is 111 Å². The summed E-state index contributed by atoms with van der Waals surface area (Å²) < 4.78 is 0. The molecule has 1 heterocycles. The summed E-state index contributed by atoms with van der Waals surface area (Å²) in [6, 6.07) is 9.85. The number of hydrogen-bond donors (Lipinski definition) is 0. The van der Waals surface area contributed by atoms with Gasteiger partial charge in [-0.2, -0.15) is 5.26 Å². The Morgan fingerprint density at radius 3 is 2.67 bits per heavy atom. The zero-order chi connectivity index (χ0) is 13.1. The molecule has 0 amide bonds. The topological polar surface area (TPSA) is 39.9 Å². The average molecular weight is 257 g/mol. The number of thiazole rings is 1. The Hall–Kier alpha value is -1.86. The van der Waals surface area contributed by atoms with Crippen molar-refractivity contribution in [3.05, 3.63) is 45.4 Å². The number of hydrogen-bond acceptors (Lipinski definition) is 4. The van der Waals surface area contributed by atoms with Gasteiger partial charge < -0.3 is 4.90 Å². The quantitative estimate of drug-likeness (QED) is 0.847. The molecular weight excluding hydrogens is 242 g/mol. The molecule has 92 valence electrons. The normalized spacial score (nSPS) is 10.1. The molecule has 0 saturated heterocycles. The summed E-state index contributed by atoms with van der Waals surface area (Å²) in [5.74, 6) is 0. The van der Waals surface area contributed by atoms with Crippen molar-refractivity contribution < 1.29 is 0 Å². The van der Waals surface area contributed by atoms with Crippen LogP contribution in [-0.4, -0.2) is 12.0 Å². The third-order valence-corrected chi connectivity index (χ3v) is 3.94. The summed E-state index contributed by atoms with van der Waals surface area (Å²) in [5.41, 5.74) is 2.74. The standard InChI is InChI=1S/C14H15N3S/c1-10-11(2)18-14(16-10)9-17(3)13-7-5-4-6-12(13)8-15/h4-7H,9H2,1-3H3. The van der Waals surface area contributed by atoms with Gasteiger partial charge >= 0.3 is 0 Å². The number of aryl methyl sites for hydroxylation is 2. The van der Waals surface area contributed by atoms with Crippen LogP contribution in [0.2, 0.25) is 0 Å². The number of aromatic nitrogens is 1. The minimum absolute atomic E-state index is 0.699.